The zero-order valence-electron chi connectivity index (χ0n) is 14.7. The maximum Gasteiger partial charge on any atom is 0.326 e. The van der Waals surface area contributed by atoms with E-state index in [1.54, 1.807) is 0 Å². The highest BCUT2D eigenvalue weighted by Crippen LogP contribution is 2.17. The van der Waals surface area contributed by atoms with Gasteiger partial charge in [0.1, 0.15) is 6.04 Å². The Kier molecular flexibility index (Phi) is 5.81. The molecule has 0 aliphatic heterocycles. The van der Waals surface area contributed by atoms with Crippen molar-refractivity contribution in [3.8, 4) is 0 Å². The first kappa shape index (κ1) is 19.2. The second-order valence-corrected chi connectivity index (χ2v) is 6.59. The normalized spacial score (nSPS) is 11.6. The van der Waals surface area contributed by atoms with Gasteiger partial charge in [-0.05, 0) is 40.7 Å². The molecule has 1 atom stereocenters. The van der Waals surface area contributed by atoms with Gasteiger partial charge in [0, 0.05) is 24.2 Å². The molecule has 3 rings (SSSR count). The van der Waals surface area contributed by atoms with Gasteiger partial charge in [-0.15, -0.1) is 0 Å². The highest BCUT2D eigenvalue weighted by atomic mass is 32.1. The Balaban J connectivity index is 1.67. The average Bonchev–Trinajstić information content (AvgIpc) is 2.67. The maximum absolute atomic E-state index is 11.7. The third kappa shape index (κ3) is 4.80. The third-order valence-corrected chi connectivity index (χ3v) is 4.41. The molecule has 1 unspecified atom stereocenters. The van der Waals surface area contributed by atoms with Gasteiger partial charge in [0.25, 0.3) is 5.69 Å². The van der Waals surface area contributed by atoms with Crippen molar-refractivity contribution in [2.45, 2.75) is 12.5 Å². The molecule has 3 N–H and O–H groups in total. The van der Waals surface area contributed by atoms with E-state index in [4.69, 9.17) is 12.2 Å². The molecule has 0 heterocycles. The lowest BCUT2D eigenvalue weighted by Gasteiger charge is -2.17. The number of nitrogens with zero attached hydrogens (tertiary/aromatic N) is 1. The number of thiocarbonyl (C=S) groups is 1. The summed E-state index contributed by atoms with van der Waals surface area (Å²) >= 11 is 5.19. The largest absolute Gasteiger partial charge is 0.480 e. The van der Waals surface area contributed by atoms with Crippen molar-refractivity contribution >= 4 is 45.4 Å². The Morgan fingerprint density at radius 3 is 2.39 bits per heavy atom. The van der Waals surface area contributed by atoms with Gasteiger partial charge in [-0.2, -0.15) is 0 Å². The molecule has 0 aliphatic rings. The first-order chi connectivity index (χ1) is 13.4. The van der Waals surface area contributed by atoms with Crippen molar-refractivity contribution in [1.29, 1.82) is 0 Å². The van der Waals surface area contributed by atoms with Crippen LogP contribution in [0.1, 0.15) is 5.56 Å². The Hall–Kier alpha value is -3.52. The van der Waals surface area contributed by atoms with Crippen molar-refractivity contribution in [2.24, 2.45) is 0 Å². The standard InChI is InChI=1S/C20H17N3O4S/c24-19(25)18(12-13-5-6-14-3-1-2-4-15(14)11-13)22-20(28)21-16-7-9-17(10-8-16)23(26)27/h1-11,18H,12H2,(H,24,25)(H2,21,22,28). The number of carbonyl (C=O) groups is 1. The Morgan fingerprint density at radius 1 is 1.07 bits per heavy atom. The van der Waals surface area contributed by atoms with E-state index in [1.807, 2.05) is 42.5 Å². The second kappa shape index (κ2) is 8.45. The van der Waals surface area contributed by atoms with E-state index in [1.165, 1.54) is 24.3 Å². The lowest BCUT2D eigenvalue weighted by molar-refractivity contribution is -0.384. The minimum atomic E-state index is -1.03. The topological polar surface area (TPSA) is 104 Å². The van der Waals surface area contributed by atoms with Crippen molar-refractivity contribution in [3.63, 3.8) is 0 Å². The van der Waals surface area contributed by atoms with Crippen LogP contribution < -0.4 is 10.6 Å². The Morgan fingerprint density at radius 2 is 1.75 bits per heavy atom. The predicted octanol–water partition coefficient (Wildman–Crippen LogP) is 3.73. The molecule has 3 aromatic rings. The molecule has 7 nitrogen and oxygen atoms in total. The van der Waals surface area contributed by atoms with Gasteiger partial charge < -0.3 is 15.7 Å². The van der Waals surface area contributed by atoms with Crippen molar-refractivity contribution in [2.75, 3.05) is 5.32 Å². The van der Waals surface area contributed by atoms with Crippen LogP contribution in [-0.4, -0.2) is 27.2 Å². The van der Waals surface area contributed by atoms with Crippen molar-refractivity contribution in [1.82, 2.24) is 5.32 Å². The summed E-state index contributed by atoms with van der Waals surface area (Å²) in [7, 11) is 0. The fourth-order valence-electron chi connectivity index (χ4n) is 2.79. The molecule has 0 fully saturated rings. The van der Waals surface area contributed by atoms with E-state index in [2.05, 4.69) is 10.6 Å². The molecular formula is C20H17N3O4S. The Labute approximate surface area is 166 Å². The van der Waals surface area contributed by atoms with E-state index in [0.717, 1.165) is 16.3 Å². The lowest BCUT2D eigenvalue weighted by atomic mass is 10.0. The van der Waals surface area contributed by atoms with E-state index < -0.39 is 16.9 Å². The lowest BCUT2D eigenvalue weighted by Crippen LogP contribution is -2.44. The number of carboxylic acid groups (broad SMARTS) is 1. The SMILES string of the molecule is O=C(O)C(Cc1ccc2ccccc2c1)NC(=S)Nc1ccc([N+](=O)[O-])cc1. The molecule has 0 aromatic heterocycles. The highest BCUT2D eigenvalue weighted by molar-refractivity contribution is 7.80. The van der Waals surface area contributed by atoms with Gasteiger partial charge in [-0.3, -0.25) is 10.1 Å². The molecule has 0 saturated heterocycles. The molecule has 28 heavy (non-hydrogen) atoms. The molecular weight excluding hydrogens is 378 g/mol. The van der Waals surface area contributed by atoms with Crippen LogP contribution in [0.4, 0.5) is 11.4 Å². The number of hydrogen-bond donors (Lipinski definition) is 3. The number of nitrogens with one attached hydrogen (secondary N) is 2. The van der Waals surface area contributed by atoms with E-state index in [9.17, 15) is 20.0 Å². The summed E-state index contributed by atoms with van der Waals surface area (Å²) in [5.41, 5.74) is 1.36. The van der Waals surface area contributed by atoms with E-state index in [0.29, 0.717) is 5.69 Å². The number of benzene rings is 3. The molecule has 0 amide bonds. The van der Waals surface area contributed by atoms with Crippen LogP contribution in [0.25, 0.3) is 10.8 Å². The number of fused-ring (bicyclic) bond motifs is 1. The van der Waals surface area contributed by atoms with Gasteiger partial charge in [-0.1, -0.05) is 42.5 Å². The van der Waals surface area contributed by atoms with Gasteiger partial charge in [0.05, 0.1) is 4.92 Å². The number of anilines is 1. The van der Waals surface area contributed by atoms with Gasteiger partial charge in [0.2, 0.25) is 0 Å². The zero-order valence-corrected chi connectivity index (χ0v) is 15.5. The molecule has 0 radical (unpaired) electrons. The molecule has 3 aromatic carbocycles. The van der Waals surface area contributed by atoms with E-state index in [-0.39, 0.29) is 17.2 Å². The minimum Gasteiger partial charge on any atom is -0.480 e. The van der Waals surface area contributed by atoms with E-state index >= 15 is 0 Å². The number of carboxylic acids is 1. The van der Waals surface area contributed by atoms with Crippen LogP contribution in [-0.2, 0) is 11.2 Å². The smallest absolute Gasteiger partial charge is 0.326 e. The number of non-ortho nitro benzene ring substituents is 1. The summed E-state index contributed by atoms with van der Waals surface area (Å²) in [6.07, 6.45) is 0.252. The van der Waals surface area contributed by atoms with Crippen LogP contribution >= 0.6 is 12.2 Å². The summed E-state index contributed by atoms with van der Waals surface area (Å²) in [5, 5.41) is 28.1. The van der Waals surface area contributed by atoms with Crippen molar-refractivity contribution in [3.05, 3.63) is 82.4 Å². The second-order valence-electron chi connectivity index (χ2n) is 6.18. The highest BCUT2D eigenvalue weighted by Gasteiger charge is 2.19. The van der Waals surface area contributed by atoms with Crippen LogP contribution in [0.2, 0.25) is 0 Å². The van der Waals surface area contributed by atoms with Gasteiger partial charge in [-0.25, -0.2) is 4.79 Å². The fourth-order valence-corrected chi connectivity index (χ4v) is 3.05. The first-order valence-electron chi connectivity index (χ1n) is 8.45. The number of nitro groups is 1. The summed E-state index contributed by atoms with van der Waals surface area (Å²) in [6.45, 7) is 0. The summed E-state index contributed by atoms with van der Waals surface area (Å²) in [4.78, 5) is 21.8. The van der Waals surface area contributed by atoms with Gasteiger partial charge >= 0.3 is 5.97 Å². The van der Waals surface area contributed by atoms with Crippen LogP contribution in [0.15, 0.2) is 66.7 Å². The van der Waals surface area contributed by atoms with Crippen LogP contribution in [0.3, 0.4) is 0 Å². The number of aliphatic carboxylic acids is 1. The molecule has 0 aliphatic carbocycles. The minimum absolute atomic E-state index is 0.0378. The van der Waals surface area contributed by atoms with Crippen molar-refractivity contribution < 1.29 is 14.8 Å². The molecule has 0 saturated carbocycles. The quantitative estimate of drug-likeness (QED) is 0.332. The number of hydrogen-bond acceptors (Lipinski definition) is 4. The summed E-state index contributed by atoms with van der Waals surface area (Å²) < 4.78 is 0. The van der Waals surface area contributed by atoms with Gasteiger partial charge in [0.15, 0.2) is 5.11 Å². The molecule has 0 bridgehead atoms. The number of nitro benzene ring substituents is 1. The monoisotopic (exact) mass is 395 g/mol. The fraction of sp³-hybridized carbons (Fsp3) is 0.100. The van der Waals surface area contributed by atoms with Crippen LogP contribution in [0, 0.1) is 10.1 Å². The maximum atomic E-state index is 11.7. The average molecular weight is 395 g/mol. The molecule has 8 heteroatoms. The molecule has 0 spiro atoms. The molecule has 142 valence electrons. The predicted molar refractivity (Wildman–Crippen MR) is 112 cm³/mol. The zero-order chi connectivity index (χ0) is 20.1. The first-order valence-corrected chi connectivity index (χ1v) is 8.85. The number of rotatable bonds is 6. The summed E-state index contributed by atoms with van der Waals surface area (Å²) in [6, 6.07) is 18.4. The third-order valence-electron chi connectivity index (χ3n) is 4.19. The summed E-state index contributed by atoms with van der Waals surface area (Å²) in [5.74, 6) is -1.03. The van der Waals surface area contributed by atoms with Crippen LogP contribution in [0.5, 0.6) is 0 Å². The Bertz CT molecular complexity index is 1040.